The Morgan fingerprint density at radius 1 is 1.15 bits per heavy atom. The fraction of sp³-hybridized carbons (Fsp3) is 0.433. The van der Waals surface area contributed by atoms with E-state index in [1.807, 2.05) is 18.3 Å². The molecule has 9 heteroatoms. The van der Waals surface area contributed by atoms with Crippen molar-refractivity contribution in [2.45, 2.75) is 63.5 Å². The van der Waals surface area contributed by atoms with Crippen LogP contribution in [0.15, 0.2) is 70.9 Å². The van der Waals surface area contributed by atoms with Crippen LogP contribution in [0.5, 0.6) is 0 Å². The first-order valence-electron chi connectivity index (χ1n) is 13.8. The monoisotopic (exact) mass is 543 g/mol. The van der Waals surface area contributed by atoms with Crippen molar-refractivity contribution in [1.82, 2.24) is 24.8 Å². The second-order valence-electron chi connectivity index (χ2n) is 11.4. The minimum atomic E-state index is -2.32. The van der Waals surface area contributed by atoms with Gasteiger partial charge in [-0.05, 0) is 87.6 Å². The largest absolute Gasteiger partial charge is 0.324 e. The minimum Gasteiger partial charge on any atom is -0.324 e. The number of aromatic nitrogens is 4. The third kappa shape index (κ3) is 5.84. The zero-order valence-electron chi connectivity index (χ0n) is 22.9. The molecule has 3 aromatic rings. The summed E-state index contributed by atoms with van der Waals surface area (Å²) in [6.07, 6.45) is 18.5. The van der Waals surface area contributed by atoms with Gasteiger partial charge in [0.15, 0.2) is 11.5 Å². The van der Waals surface area contributed by atoms with Crippen molar-refractivity contribution < 1.29 is 4.21 Å². The molecule has 0 radical (unpaired) electrons. The number of pyridine rings is 1. The summed E-state index contributed by atoms with van der Waals surface area (Å²) in [7, 11) is -2.32. The van der Waals surface area contributed by atoms with Crippen molar-refractivity contribution in [2.75, 3.05) is 17.8 Å². The third-order valence-corrected chi connectivity index (χ3v) is 8.57. The molecule has 0 aromatic carbocycles. The van der Waals surface area contributed by atoms with Gasteiger partial charge in [-0.1, -0.05) is 24.3 Å². The van der Waals surface area contributed by atoms with Crippen LogP contribution in [0.2, 0.25) is 0 Å². The SMILES string of the molecule is C=C/C(=C\C=C(/C)C1CC2CCC(C1)N2)Nc1ncc2cc(C3CC3)n(-c3cccc(N=S(C)(C)=O)n3)c2n1. The number of hydrogen-bond donors (Lipinski definition) is 2. The Balaban J connectivity index is 1.31. The van der Waals surface area contributed by atoms with E-state index >= 15 is 0 Å². The fourth-order valence-electron chi connectivity index (χ4n) is 5.88. The number of rotatable bonds is 8. The van der Waals surface area contributed by atoms with E-state index in [1.165, 1.54) is 37.0 Å². The Bertz CT molecular complexity index is 1590. The summed E-state index contributed by atoms with van der Waals surface area (Å²) in [5.41, 5.74) is 4.22. The number of hydrogen-bond acceptors (Lipinski definition) is 7. The van der Waals surface area contributed by atoms with Crippen molar-refractivity contribution in [3.63, 3.8) is 0 Å². The van der Waals surface area contributed by atoms with Gasteiger partial charge >= 0.3 is 0 Å². The highest BCUT2D eigenvalue weighted by Gasteiger charge is 2.33. The molecule has 0 spiro atoms. The predicted octanol–water partition coefficient (Wildman–Crippen LogP) is 6.01. The van der Waals surface area contributed by atoms with Gasteiger partial charge in [-0.3, -0.25) is 4.57 Å². The maximum atomic E-state index is 12.3. The molecule has 1 saturated carbocycles. The highest BCUT2D eigenvalue weighted by Crippen LogP contribution is 2.43. The van der Waals surface area contributed by atoms with Crippen molar-refractivity contribution in [3.8, 4) is 5.82 Å². The summed E-state index contributed by atoms with van der Waals surface area (Å²) >= 11 is 0. The number of nitrogens with zero attached hydrogens (tertiary/aromatic N) is 5. The number of nitrogens with one attached hydrogen (secondary N) is 2. The second kappa shape index (κ2) is 10.4. The lowest BCUT2D eigenvalue weighted by Crippen LogP contribution is -2.38. The number of fused-ring (bicyclic) bond motifs is 3. The normalized spacial score (nSPS) is 23.7. The summed E-state index contributed by atoms with van der Waals surface area (Å²) in [5, 5.41) is 8.05. The summed E-state index contributed by atoms with van der Waals surface area (Å²) in [4.78, 5) is 14.3. The molecule has 2 aliphatic heterocycles. The van der Waals surface area contributed by atoms with Gasteiger partial charge in [0.2, 0.25) is 5.95 Å². The lowest BCUT2D eigenvalue weighted by molar-refractivity contribution is 0.333. The van der Waals surface area contributed by atoms with E-state index in [2.05, 4.69) is 56.3 Å². The van der Waals surface area contributed by atoms with E-state index in [4.69, 9.17) is 9.97 Å². The molecular formula is C30H37N7OS. The molecule has 39 heavy (non-hydrogen) atoms. The summed E-state index contributed by atoms with van der Waals surface area (Å²) in [6, 6.07) is 9.14. The standard InChI is InChI=1S/C30H37N7OS/c1-5-23(12-9-19(2)21-15-24-13-14-25(16-21)32-24)33-30-31-18-22-17-26(20-10-11-20)37(29(22)35-30)28-8-6-7-27(34-28)36-39(3,4)38/h5-9,12,17-18,20-21,24-25,32H,1,10-11,13-16H2,2-4H3,(H,31,33,35)/b19-9+,23-12+. The fourth-order valence-corrected chi connectivity index (χ4v) is 6.43. The Morgan fingerprint density at radius 2 is 1.92 bits per heavy atom. The number of piperidine rings is 1. The molecule has 3 fully saturated rings. The number of allylic oxidation sites excluding steroid dienone is 4. The van der Waals surface area contributed by atoms with E-state index in [9.17, 15) is 4.21 Å². The highest BCUT2D eigenvalue weighted by molar-refractivity contribution is 7.92. The molecule has 2 bridgehead atoms. The van der Waals surface area contributed by atoms with Crippen molar-refractivity contribution in [2.24, 2.45) is 10.3 Å². The van der Waals surface area contributed by atoms with Crippen LogP contribution in [0.3, 0.4) is 0 Å². The number of anilines is 1. The second-order valence-corrected chi connectivity index (χ2v) is 14.0. The molecule has 5 heterocycles. The molecule has 204 valence electrons. The molecular weight excluding hydrogens is 506 g/mol. The van der Waals surface area contributed by atoms with Crippen molar-refractivity contribution in [3.05, 3.63) is 72.2 Å². The quantitative estimate of drug-likeness (QED) is 0.338. The smallest absolute Gasteiger partial charge is 0.229 e. The third-order valence-electron chi connectivity index (χ3n) is 7.95. The van der Waals surface area contributed by atoms with Crippen LogP contribution in [-0.4, -0.2) is 48.3 Å². The molecule has 6 rings (SSSR count). The van der Waals surface area contributed by atoms with Crippen LogP contribution >= 0.6 is 0 Å². The molecule has 0 amide bonds. The van der Waals surface area contributed by atoms with Gasteiger partial charge in [-0.25, -0.2) is 14.2 Å². The zero-order valence-corrected chi connectivity index (χ0v) is 23.7. The Hall–Kier alpha value is -3.30. The van der Waals surface area contributed by atoms with Gasteiger partial charge in [-0.15, -0.1) is 0 Å². The van der Waals surface area contributed by atoms with Gasteiger partial charge in [-0.2, -0.15) is 9.35 Å². The van der Waals surface area contributed by atoms with Crippen LogP contribution in [0.4, 0.5) is 11.8 Å². The lowest BCUT2D eigenvalue weighted by atomic mass is 9.86. The van der Waals surface area contributed by atoms with Crippen LogP contribution in [0, 0.1) is 5.92 Å². The molecule has 2 saturated heterocycles. The van der Waals surface area contributed by atoms with Crippen molar-refractivity contribution >= 4 is 32.5 Å². The average molecular weight is 544 g/mol. The highest BCUT2D eigenvalue weighted by atomic mass is 32.2. The maximum Gasteiger partial charge on any atom is 0.229 e. The summed E-state index contributed by atoms with van der Waals surface area (Å²) in [6.45, 7) is 6.25. The first-order chi connectivity index (χ1) is 18.8. The first kappa shape index (κ1) is 26.0. The predicted molar refractivity (Wildman–Crippen MR) is 159 cm³/mol. The van der Waals surface area contributed by atoms with Crippen molar-refractivity contribution in [1.29, 1.82) is 0 Å². The van der Waals surface area contributed by atoms with Crippen LogP contribution in [-0.2, 0) is 9.73 Å². The van der Waals surface area contributed by atoms with E-state index in [0.29, 0.717) is 35.7 Å². The summed E-state index contributed by atoms with van der Waals surface area (Å²) in [5.74, 6) is 2.79. The molecule has 3 aliphatic rings. The molecule has 2 N–H and O–H groups in total. The Morgan fingerprint density at radius 3 is 2.62 bits per heavy atom. The van der Waals surface area contributed by atoms with Gasteiger partial charge in [0.05, 0.1) is 0 Å². The topological polar surface area (TPSA) is 97.1 Å². The van der Waals surface area contributed by atoms with Gasteiger partial charge in [0, 0.05) is 57.3 Å². The maximum absolute atomic E-state index is 12.3. The Kier molecular flexibility index (Phi) is 6.89. The first-order valence-corrected chi connectivity index (χ1v) is 16.2. The minimum absolute atomic E-state index is 0.458. The molecule has 8 nitrogen and oxygen atoms in total. The Labute approximate surface area is 230 Å². The molecule has 2 unspecified atom stereocenters. The molecule has 1 aliphatic carbocycles. The van der Waals surface area contributed by atoms with Gasteiger partial charge < -0.3 is 10.6 Å². The van der Waals surface area contributed by atoms with Crippen LogP contribution in [0.25, 0.3) is 16.9 Å². The summed E-state index contributed by atoms with van der Waals surface area (Å²) < 4.78 is 18.7. The molecule has 2 atom stereocenters. The van der Waals surface area contributed by atoms with E-state index in [1.54, 1.807) is 24.7 Å². The average Bonchev–Trinajstić information content (AvgIpc) is 3.60. The van der Waals surface area contributed by atoms with E-state index in [0.717, 1.165) is 35.4 Å². The zero-order chi connectivity index (χ0) is 27.1. The van der Waals surface area contributed by atoms with Crippen LogP contribution in [0.1, 0.15) is 57.1 Å². The molecule has 3 aromatic heterocycles. The van der Waals surface area contributed by atoms with Gasteiger partial charge in [0.25, 0.3) is 0 Å². The van der Waals surface area contributed by atoms with E-state index < -0.39 is 9.73 Å². The lowest BCUT2D eigenvalue weighted by Gasteiger charge is -2.29. The van der Waals surface area contributed by atoms with Gasteiger partial charge in [0.1, 0.15) is 5.82 Å². The van der Waals surface area contributed by atoms with Crippen LogP contribution < -0.4 is 10.6 Å². The van der Waals surface area contributed by atoms with E-state index in [-0.39, 0.29) is 0 Å².